The first-order valence-corrected chi connectivity index (χ1v) is 6.78. The Labute approximate surface area is 114 Å². The van der Waals surface area contributed by atoms with E-state index >= 15 is 0 Å². The third kappa shape index (κ3) is 3.50. The SMILES string of the molecule is NC=C(C=NCC1CCCC1)c1ccc(N)c(N)c1. The molecule has 1 aliphatic rings. The van der Waals surface area contributed by atoms with Gasteiger partial charge in [-0.3, -0.25) is 4.99 Å². The monoisotopic (exact) mass is 258 g/mol. The molecular weight excluding hydrogens is 236 g/mol. The van der Waals surface area contributed by atoms with Crippen LogP contribution in [0.1, 0.15) is 31.2 Å². The third-order valence-corrected chi connectivity index (χ3v) is 3.67. The molecule has 0 saturated heterocycles. The average Bonchev–Trinajstić information content (AvgIpc) is 2.91. The van der Waals surface area contributed by atoms with Crippen LogP contribution >= 0.6 is 0 Å². The summed E-state index contributed by atoms with van der Waals surface area (Å²) in [5.74, 6) is 0.742. The zero-order valence-corrected chi connectivity index (χ0v) is 11.2. The van der Waals surface area contributed by atoms with Gasteiger partial charge in [-0.05, 0) is 36.5 Å². The molecule has 4 heteroatoms. The molecule has 2 rings (SSSR count). The molecule has 4 nitrogen and oxygen atoms in total. The molecule has 0 spiro atoms. The van der Waals surface area contributed by atoms with Crippen LogP contribution in [-0.2, 0) is 0 Å². The molecule has 1 saturated carbocycles. The maximum atomic E-state index is 5.80. The second-order valence-corrected chi connectivity index (χ2v) is 5.11. The molecule has 0 unspecified atom stereocenters. The van der Waals surface area contributed by atoms with Gasteiger partial charge >= 0.3 is 0 Å². The van der Waals surface area contributed by atoms with Crippen LogP contribution in [0.25, 0.3) is 5.57 Å². The lowest BCUT2D eigenvalue weighted by Gasteiger charge is -2.06. The van der Waals surface area contributed by atoms with E-state index in [0.717, 1.165) is 23.6 Å². The highest BCUT2D eigenvalue weighted by atomic mass is 14.7. The Bertz CT molecular complexity index is 485. The predicted molar refractivity (Wildman–Crippen MR) is 82.7 cm³/mol. The summed E-state index contributed by atoms with van der Waals surface area (Å²) in [6.45, 7) is 0.891. The molecule has 1 aromatic rings. The maximum absolute atomic E-state index is 5.80. The minimum atomic E-state index is 0.570. The molecule has 0 atom stereocenters. The highest BCUT2D eigenvalue weighted by molar-refractivity contribution is 6.10. The summed E-state index contributed by atoms with van der Waals surface area (Å²) >= 11 is 0. The van der Waals surface area contributed by atoms with Crippen molar-refractivity contribution >= 4 is 23.2 Å². The van der Waals surface area contributed by atoms with Crippen LogP contribution in [-0.4, -0.2) is 12.8 Å². The van der Waals surface area contributed by atoms with Crippen molar-refractivity contribution < 1.29 is 0 Å². The molecule has 19 heavy (non-hydrogen) atoms. The van der Waals surface area contributed by atoms with Gasteiger partial charge < -0.3 is 17.2 Å². The molecule has 0 bridgehead atoms. The predicted octanol–water partition coefficient (Wildman–Crippen LogP) is 2.41. The smallest absolute Gasteiger partial charge is 0.0554 e. The van der Waals surface area contributed by atoms with Crippen LogP contribution in [0.4, 0.5) is 11.4 Å². The molecule has 0 aliphatic heterocycles. The topological polar surface area (TPSA) is 90.4 Å². The van der Waals surface area contributed by atoms with E-state index in [2.05, 4.69) is 4.99 Å². The van der Waals surface area contributed by atoms with Crippen LogP contribution in [0.2, 0.25) is 0 Å². The Balaban J connectivity index is 2.03. The van der Waals surface area contributed by atoms with Crippen molar-refractivity contribution in [1.82, 2.24) is 0 Å². The van der Waals surface area contributed by atoms with E-state index in [4.69, 9.17) is 17.2 Å². The highest BCUT2D eigenvalue weighted by Gasteiger charge is 2.13. The van der Waals surface area contributed by atoms with E-state index in [1.165, 1.54) is 25.7 Å². The van der Waals surface area contributed by atoms with Gasteiger partial charge in [0.05, 0.1) is 11.4 Å². The number of allylic oxidation sites excluding steroid dienone is 1. The van der Waals surface area contributed by atoms with E-state index in [-0.39, 0.29) is 0 Å². The van der Waals surface area contributed by atoms with E-state index < -0.39 is 0 Å². The fourth-order valence-electron chi connectivity index (χ4n) is 2.46. The lowest BCUT2D eigenvalue weighted by molar-refractivity contribution is 0.565. The number of benzene rings is 1. The average molecular weight is 258 g/mol. The molecule has 0 radical (unpaired) electrons. The quantitative estimate of drug-likeness (QED) is 0.572. The highest BCUT2D eigenvalue weighted by Crippen LogP contribution is 2.25. The van der Waals surface area contributed by atoms with Gasteiger partial charge in [0.1, 0.15) is 0 Å². The normalized spacial score (nSPS) is 17.4. The Kier molecular flexibility index (Phi) is 4.44. The number of hydrogen-bond acceptors (Lipinski definition) is 4. The molecule has 102 valence electrons. The van der Waals surface area contributed by atoms with Crippen molar-refractivity contribution in [3.05, 3.63) is 30.0 Å². The first-order chi connectivity index (χ1) is 9.20. The largest absolute Gasteiger partial charge is 0.404 e. The second-order valence-electron chi connectivity index (χ2n) is 5.11. The van der Waals surface area contributed by atoms with E-state index in [1.54, 1.807) is 12.3 Å². The summed E-state index contributed by atoms with van der Waals surface area (Å²) in [4.78, 5) is 4.51. The summed E-state index contributed by atoms with van der Waals surface area (Å²) in [7, 11) is 0. The molecular formula is C15H22N4. The van der Waals surface area contributed by atoms with Crippen molar-refractivity contribution in [3.8, 4) is 0 Å². The first kappa shape index (κ1) is 13.5. The van der Waals surface area contributed by atoms with Crippen LogP contribution in [0.5, 0.6) is 0 Å². The molecule has 0 heterocycles. The zero-order valence-electron chi connectivity index (χ0n) is 11.2. The van der Waals surface area contributed by atoms with Crippen molar-refractivity contribution in [2.24, 2.45) is 16.6 Å². The summed E-state index contributed by atoms with van der Waals surface area (Å²) in [6, 6.07) is 5.53. The number of nitrogens with two attached hydrogens (primary N) is 3. The molecule has 1 aliphatic carbocycles. The first-order valence-electron chi connectivity index (χ1n) is 6.78. The number of nitrogens with zero attached hydrogens (tertiary/aromatic N) is 1. The Morgan fingerprint density at radius 3 is 2.58 bits per heavy atom. The number of aliphatic imine (C=N–C) groups is 1. The van der Waals surface area contributed by atoms with Gasteiger partial charge in [-0.1, -0.05) is 18.9 Å². The minimum absolute atomic E-state index is 0.570. The van der Waals surface area contributed by atoms with E-state index in [1.807, 2.05) is 18.3 Å². The molecule has 0 amide bonds. The van der Waals surface area contributed by atoms with Gasteiger partial charge in [-0.25, -0.2) is 0 Å². The number of nitrogen functional groups attached to an aromatic ring is 2. The van der Waals surface area contributed by atoms with Gasteiger partial charge in [0.2, 0.25) is 0 Å². The zero-order chi connectivity index (χ0) is 13.7. The minimum Gasteiger partial charge on any atom is -0.404 e. The molecule has 6 N–H and O–H groups in total. The Morgan fingerprint density at radius 2 is 1.95 bits per heavy atom. The summed E-state index contributed by atoms with van der Waals surface area (Å²) in [6.07, 6.45) is 8.68. The van der Waals surface area contributed by atoms with Gasteiger partial charge in [0, 0.05) is 24.5 Å². The Hall–Kier alpha value is -1.97. The second kappa shape index (κ2) is 6.27. The van der Waals surface area contributed by atoms with Gasteiger partial charge in [-0.15, -0.1) is 0 Å². The van der Waals surface area contributed by atoms with E-state index in [9.17, 15) is 0 Å². The molecule has 1 fully saturated rings. The van der Waals surface area contributed by atoms with Crippen LogP contribution in [0.15, 0.2) is 29.4 Å². The van der Waals surface area contributed by atoms with Gasteiger partial charge in [0.25, 0.3) is 0 Å². The lowest BCUT2D eigenvalue weighted by atomic mass is 10.1. The van der Waals surface area contributed by atoms with Crippen LogP contribution in [0.3, 0.4) is 0 Å². The van der Waals surface area contributed by atoms with Gasteiger partial charge in [-0.2, -0.15) is 0 Å². The summed E-state index contributed by atoms with van der Waals surface area (Å²) in [5, 5.41) is 0. The molecule has 0 aromatic heterocycles. The summed E-state index contributed by atoms with van der Waals surface area (Å²) in [5.41, 5.74) is 20.2. The summed E-state index contributed by atoms with van der Waals surface area (Å²) < 4.78 is 0. The number of anilines is 2. The number of rotatable bonds is 4. The van der Waals surface area contributed by atoms with E-state index in [0.29, 0.717) is 11.4 Å². The van der Waals surface area contributed by atoms with Crippen molar-refractivity contribution in [3.63, 3.8) is 0 Å². The Morgan fingerprint density at radius 1 is 1.21 bits per heavy atom. The van der Waals surface area contributed by atoms with Crippen molar-refractivity contribution in [1.29, 1.82) is 0 Å². The van der Waals surface area contributed by atoms with Crippen molar-refractivity contribution in [2.75, 3.05) is 18.0 Å². The molecule has 1 aromatic carbocycles. The number of hydrogen-bond donors (Lipinski definition) is 3. The standard InChI is InChI=1S/C15H22N4/c16-8-13(10-19-9-11-3-1-2-4-11)12-5-6-14(17)15(18)7-12/h5-8,10-11H,1-4,9,16-18H2. The maximum Gasteiger partial charge on any atom is 0.0554 e. The van der Waals surface area contributed by atoms with Crippen molar-refractivity contribution in [2.45, 2.75) is 25.7 Å². The van der Waals surface area contributed by atoms with Crippen LogP contribution < -0.4 is 17.2 Å². The fraction of sp³-hybridized carbons (Fsp3) is 0.400. The fourth-order valence-corrected chi connectivity index (χ4v) is 2.46. The van der Waals surface area contributed by atoms with Gasteiger partial charge in [0.15, 0.2) is 0 Å². The third-order valence-electron chi connectivity index (χ3n) is 3.67. The lowest BCUT2D eigenvalue weighted by Crippen LogP contribution is -2.00. The van der Waals surface area contributed by atoms with Crippen LogP contribution in [0, 0.1) is 5.92 Å².